The molecule has 0 atom stereocenters. The van der Waals surface area contributed by atoms with Crippen LogP contribution in [0.25, 0.3) is 0 Å². The lowest BCUT2D eigenvalue weighted by atomic mass is 10.4. The lowest BCUT2D eigenvalue weighted by Gasteiger charge is -2.21. The lowest BCUT2D eigenvalue weighted by molar-refractivity contribution is 0.410. The van der Waals surface area contributed by atoms with Crippen molar-refractivity contribution in [1.82, 2.24) is 9.29 Å². The zero-order chi connectivity index (χ0) is 14.3. The van der Waals surface area contributed by atoms with Crippen LogP contribution in [-0.4, -0.2) is 37.3 Å². The second kappa shape index (κ2) is 7.45. The predicted octanol–water partition coefficient (Wildman–Crippen LogP) is 2.32. The van der Waals surface area contributed by atoms with Crippen molar-refractivity contribution in [3.63, 3.8) is 0 Å². The van der Waals surface area contributed by atoms with Crippen LogP contribution in [0.2, 0.25) is 0 Å². The van der Waals surface area contributed by atoms with E-state index in [-0.39, 0.29) is 4.90 Å². The molecule has 0 unspecified atom stereocenters. The largest absolute Gasteiger partial charge is 0.384 e. The third-order valence-corrected chi connectivity index (χ3v) is 4.54. The van der Waals surface area contributed by atoms with E-state index in [1.54, 1.807) is 12.3 Å². The molecular weight excluding hydrogens is 262 g/mol. The number of hydrogen-bond donors (Lipinski definition) is 1. The van der Waals surface area contributed by atoms with Gasteiger partial charge in [0.15, 0.2) is 0 Å². The van der Waals surface area contributed by atoms with Crippen molar-refractivity contribution in [1.29, 1.82) is 0 Å². The fourth-order valence-corrected chi connectivity index (χ4v) is 3.47. The second-order valence-corrected chi connectivity index (χ2v) is 6.28. The molecule has 5 nitrogen and oxygen atoms in total. The topological polar surface area (TPSA) is 62.3 Å². The van der Waals surface area contributed by atoms with Gasteiger partial charge < -0.3 is 5.32 Å². The molecule has 0 radical (unpaired) electrons. The van der Waals surface area contributed by atoms with Crippen LogP contribution in [0.5, 0.6) is 0 Å². The first-order chi connectivity index (χ1) is 9.06. The molecule has 0 aliphatic rings. The Hall–Kier alpha value is -1.14. The van der Waals surface area contributed by atoms with Crippen LogP contribution in [0.4, 0.5) is 5.69 Å². The highest BCUT2D eigenvalue weighted by molar-refractivity contribution is 7.89. The van der Waals surface area contributed by atoms with Gasteiger partial charge in [-0.2, -0.15) is 4.31 Å². The maximum Gasteiger partial charge on any atom is 0.244 e. The summed E-state index contributed by atoms with van der Waals surface area (Å²) in [4.78, 5) is 4.26. The van der Waals surface area contributed by atoms with Gasteiger partial charge in [0, 0.05) is 25.8 Å². The van der Waals surface area contributed by atoms with Crippen molar-refractivity contribution in [2.24, 2.45) is 0 Å². The average Bonchev–Trinajstić information content (AvgIpc) is 2.39. The van der Waals surface area contributed by atoms with Gasteiger partial charge in [0.2, 0.25) is 10.0 Å². The van der Waals surface area contributed by atoms with Gasteiger partial charge in [0.1, 0.15) is 4.90 Å². The smallest absolute Gasteiger partial charge is 0.244 e. The molecule has 19 heavy (non-hydrogen) atoms. The van der Waals surface area contributed by atoms with Crippen molar-refractivity contribution < 1.29 is 8.42 Å². The molecule has 0 amide bonds. The summed E-state index contributed by atoms with van der Waals surface area (Å²) in [5.41, 5.74) is 0.733. The van der Waals surface area contributed by atoms with E-state index in [0.717, 1.165) is 25.1 Å². The SMILES string of the molecule is CCCN(CCC)S(=O)(=O)c1cncc(NCC)c1. The Bertz CT molecular complexity index is 482. The standard InChI is InChI=1S/C13H23N3O2S/c1-4-7-16(8-5-2)19(17,18)13-9-12(15-6-3)10-14-11-13/h9-11,15H,4-8H2,1-3H3. The minimum Gasteiger partial charge on any atom is -0.384 e. The fourth-order valence-electron chi connectivity index (χ4n) is 1.86. The fraction of sp³-hybridized carbons (Fsp3) is 0.615. The predicted molar refractivity (Wildman–Crippen MR) is 77.7 cm³/mol. The number of nitrogens with one attached hydrogen (secondary N) is 1. The zero-order valence-corrected chi connectivity index (χ0v) is 12.7. The first-order valence-electron chi connectivity index (χ1n) is 6.75. The van der Waals surface area contributed by atoms with E-state index >= 15 is 0 Å². The van der Waals surface area contributed by atoms with Gasteiger partial charge in [0.05, 0.1) is 11.9 Å². The number of rotatable bonds is 8. The highest BCUT2D eigenvalue weighted by Crippen LogP contribution is 2.18. The van der Waals surface area contributed by atoms with Gasteiger partial charge in [0.25, 0.3) is 0 Å². The number of aromatic nitrogens is 1. The number of pyridine rings is 1. The molecule has 1 heterocycles. The van der Waals surface area contributed by atoms with Gasteiger partial charge in [-0.15, -0.1) is 0 Å². The minimum absolute atomic E-state index is 0.257. The monoisotopic (exact) mass is 285 g/mol. The van der Waals surface area contributed by atoms with E-state index in [1.165, 1.54) is 10.5 Å². The summed E-state index contributed by atoms with van der Waals surface area (Å²) in [6.45, 7) is 7.74. The Morgan fingerprint density at radius 2 is 1.79 bits per heavy atom. The average molecular weight is 285 g/mol. The summed E-state index contributed by atoms with van der Waals surface area (Å²) >= 11 is 0. The molecule has 1 aromatic rings. The summed E-state index contributed by atoms with van der Waals surface area (Å²) < 4.78 is 26.6. The highest BCUT2D eigenvalue weighted by Gasteiger charge is 2.23. The number of hydrogen-bond acceptors (Lipinski definition) is 4. The van der Waals surface area contributed by atoms with Crippen LogP contribution < -0.4 is 5.32 Å². The van der Waals surface area contributed by atoms with Crippen molar-refractivity contribution >= 4 is 15.7 Å². The molecule has 0 spiro atoms. The molecule has 1 N–H and O–H groups in total. The summed E-state index contributed by atoms with van der Waals surface area (Å²) in [7, 11) is -3.44. The Morgan fingerprint density at radius 1 is 1.16 bits per heavy atom. The normalized spacial score (nSPS) is 11.8. The molecule has 0 aromatic carbocycles. The number of anilines is 1. The van der Waals surface area contributed by atoms with Crippen LogP contribution in [-0.2, 0) is 10.0 Å². The Labute approximate surface area is 116 Å². The zero-order valence-electron chi connectivity index (χ0n) is 11.9. The van der Waals surface area contributed by atoms with Gasteiger partial charge in [-0.3, -0.25) is 4.98 Å². The first-order valence-corrected chi connectivity index (χ1v) is 8.19. The molecule has 0 fully saturated rings. The Kier molecular flexibility index (Phi) is 6.24. The molecule has 1 aromatic heterocycles. The van der Waals surface area contributed by atoms with Crippen LogP contribution in [0.1, 0.15) is 33.6 Å². The van der Waals surface area contributed by atoms with Crippen LogP contribution >= 0.6 is 0 Å². The van der Waals surface area contributed by atoms with Crippen LogP contribution in [0.15, 0.2) is 23.4 Å². The maximum atomic E-state index is 12.5. The molecular formula is C13H23N3O2S. The van der Waals surface area contributed by atoms with E-state index in [1.807, 2.05) is 20.8 Å². The van der Waals surface area contributed by atoms with Crippen molar-refractivity contribution in [2.45, 2.75) is 38.5 Å². The molecule has 0 bridgehead atoms. The van der Waals surface area contributed by atoms with Crippen LogP contribution in [0.3, 0.4) is 0 Å². The van der Waals surface area contributed by atoms with Crippen molar-refractivity contribution in [3.8, 4) is 0 Å². The number of nitrogens with zero attached hydrogens (tertiary/aromatic N) is 2. The van der Waals surface area contributed by atoms with Crippen molar-refractivity contribution in [3.05, 3.63) is 18.5 Å². The minimum atomic E-state index is -3.44. The highest BCUT2D eigenvalue weighted by atomic mass is 32.2. The summed E-state index contributed by atoms with van der Waals surface area (Å²) in [6.07, 6.45) is 4.65. The molecule has 108 valence electrons. The third-order valence-electron chi connectivity index (χ3n) is 2.68. The number of sulfonamides is 1. The lowest BCUT2D eigenvalue weighted by Crippen LogP contribution is -2.32. The summed E-state index contributed by atoms with van der Waals surface area (Å²) in [5.74, 6) is 0. The van der Waals surface area contributed by atoms with E-state index in [0.29, 0.717) is 13.1 Å². The van der Waals surface area contributed by atoms with Gasteiger partial charge in [-0.05, 0) is 25.8 Å². The van der Waals surface area contributed by atoms with Gasteiger partial charge in [-0.1, -0.05) is 13.8 Å². The van der Waals surface area contributed by atoms with E-state index in [9.17, 15) is 8.42 Å². The molecule has 6 heteroatoms. The van der Waals surface area contributed by atoms with E-state index in [2.05, 4.69) is 10.3 Å². The summed E-state index contributed by atoms with van der Waals surface area (Å²) in [6, 6.07) is 1.64. The molecule has 0 saturated heterocycles. The quantitative estimate of drug-likeness (QED) is 0.796. The molecule has 1 rings (SSSR count). The molecule has 0 saturated carbocycles. The Morgan fingerprint density at radius 3 is 2.32 bits per heavy atom. The summed E-state index contributed by atoms with van der Waals surface area (Å²) in [5, 5.41) is 3.08. The van der Waals surface area contributed by atoms with Crippen LogP contribution in [0, 0.1) is 0 Å². The Balaban J connectivity index is 3.06. The van der Waals surface area contributed by atoms with Gasteiger partial charge >= 0.3 is 0 Å². The van der Waals surface area contributed by atoms with E-state index in [4.69, 9.17) is 0 Å². The maximum absolute atomic E-state index is 12.5. The van der Waals surface area contributed by atoms with Crippen molar-refractivity contribution in [2.75, 3.05) is 25.0 Å². The van der Waals surface area contributed by atoms with Gasteiger partial charge in [-0.25, -0.2) is 8.42 Å². The molecule has 0 aliphatic carbocycles. The first kappa shape index (κ1) is 15.9. The third kappa shape index (κ3) is 4.18. The molecule has 0 aliphatic heterocycles. The van der Waals surface area contributed by atoms with E-state index < -0.39 is 10.0 Å². The second-order valence-electron chi connectivity index (χ2n) is 4.34.